The molecule has 0 radical (unpaired) electrons. The van der Waals surface area contributed by atoms with Crippen LogP contribution in [0.2, 0.25) is 0 Å². The number of nitrogens with zero attached hydrogens (tertiary/aromatic N) is 5. The molecule has 0 bridgehead atoms. The maximum Gasteiger partial charge on any atom is 0.250 e. The standard InChI is InChI=1S/C27H21BrN6O2S/c1-36-24-11-6-18-4-2-3-5-22(18)23(24)16-30-31-25(35)17-37-27-33-32-26(19-12-14-29-15-13-19)34(27)21-9-7-20(28)8-10-21/h2-16H,17H2,1H3,(H,31,35)/b30-16-. The molecule has 0 fully saturated rings. The van der Waals surface area contributed by atoms with Crippen LogP contribution in [-0.2, 0) is 4.79 Å². The van der Waals surface area contributed by atoms with Crippen molar-refractivity contribution in [3.05, 3.63) is 95.2 Å². The predicted octanol–water partition coefficient (Wildman–Crippen LogP) is 5.50. The van der Waals surface area contributed by atoms with E-state index >= 15 is 0 Å². The lowest BCUT2D eigenvalue weighted by Gasteiger charge is -2.10. The summed E-state index contributed by atoms with van der Waals surface area (Å²) in [6.45, 7) is 0. The highest BCUT2D eigenvalue weighted by molar-refractivity contribution is 9.10. The van der Waals surface area contributed by atoms with Gasteiger partial charge < -0.3 is 4.74 Å². The molecule has 2 heterocycles. The molecular formula is C27H21BrN6O2S. The third kappa shape index (κ3) is 5.55. The van der Waals surface area contributed by atoms with E-state index < -0.39 is 0 Å². The molecule has 0 aliphatic rings. The molecule has 10 heteroatoms. The number of methoxy groups -OCH3 is 1. The fraction of sp³-hybridized carbons (Fsp3) is 0.0741. The SMILES string of the molecule is COc1ccc2ccccc2c1/C=N\NC(=O)CSc1nnc(-c2ccncc2)n1-c1ccc(Br)cc1. The van der Waals surface area contributed by atoms with Crippen molar-refractivity contribution >= 4 is 50.6 Å². The first-order valence-electron chi connectivity index (χ1n) is 11.3. The van der Waals surface area contributed by atoms with Gasteiger partial charge in [0, 0.05) is 33.7 Å². The summed E-state index contributed by atoms with van der Waals surface area (Å²) in [6, 6.07) is 23.4. The highest BCUT2D eigenvalue weighted by Gasteiger charge is 2.17. The number of benzene rings is 3. The Bertz CT molecular complexity index is 1570. The van der Waals surface area contributed by atoms with Gasteiger partial charge in [-0.05, 0) is 53.2 Å². The molecule has 0 unspecified atom stereocenters. The van der Waals surface area contributed by atoms with Gasteiger partial charge >= 0.3 is 0 Å². The van der Waals surface area contributed by atoms with E-state index in [2.05, 4.69) is 41.6 Å². The number of ether oxygens (including phenoxy) is 1. The molecule has 1 amide bonds. The first-order chi connectivity index (χ1) is 18.1. The summed E-state index contributed by atoms with van der Waals surface area (Å²) in [6.07, 6.45) is 5.02. The number of rotatable bonds is 8. The normalized spacial score (nSPS) is 11.2. The van der Waals surface area contributed by atoms with Crippen LogP contribution in [0.4, 0.5) is 0 Å². The Hall–Kier alpha value is -4.02. The Labute approximate surface area is 225 Å². The van der Waals surface area contributed by atoms with Gasteiger partial charge in [0.1, 0.15) is 5.75 Å². The molecule has 8 nitrogen and oxygen atoms in total. The van der Waals surface area contributed by atoms with E-state index in [1.165, 1.54) is 11.8 Å². The summed E-state index contributed by atoms with van der Waals surface area (Å²) < 4.78 is 8.37. The van der Waals surface area contributed by atoms with E-state index in [4.69, 9.17) is 4.74 Å². The second-order valence-corrected chi connectivity index (χ2v) is 9.70. The second kappa shape index (κ2) is 11.4. The van der Waals surface area contributed by atoms with Gasteiger partial charge in [-0.25, -0.2) is 5.43 Å². The van der Waals surface area contributed by atoms with E-state index in [0.29, 0.717) is 16.7 Å². The molecule has 0 saturated heterocycles. The van der Waals surface area contributed by atoms with Crippen LogP contribution < -0.4 is 10.2 Å². The van der Waals surface area contributed by atoms with Crippen LogP contribution in [0.3, 0.4) is 0 Å². The Kier molecular flexibility index (Phi) is 7.57. The van der Waals surface area contributed by atoms with Crippen LogP contribution in [0.1, 0.15) is 5.56 Å². The minimum absolute atomic E-state index is 0.106. The lowest BCUT2D eigenvalue weighted by Crippen LogP contribution is -2.20. The van der Waals surface area contributed by atoms with Crippen LogP contribution in [0.5, 0.6) is 5.75 Å². The van der Waals surface area contributed by atoms with Gasteiger partial charge in [0.25, 0.3) is 5.91 Å². The number of carbonyl (C=O) groups is 1. The smallest absolute Gasteiger partial charge is 0.250 e. The van der Waals surface area contributed by atoms with Crippen LogP contribution >= 0.6 is 27.7 Å². The quantitative estimate of drug-likeness (QED) is 0.150. The van der Waals surface area contributed by atoms with Crippen LogP contribution in [0.15, 0.2) is 99.9 Å². The van der Waals surface area contributed by atoms with Gasteiger partial charge in [-0.2, -0.15) is 5.10 Å². The van der Waals surface area contributed by atoms with E-state index in [9.17, 15) is 4.79 Å². The number of thioether (sulfide) groups is 1. The Morgan fingerprint density at radius 3 is 2.62 bits per heavy atom. The average molecular weight is 573 g/mol. The molecule has 0 aliphatic carbocycles. The fourth-order valence-electron chi connectivity index (χ4n) is 3.79. The number of halogens is 1. The molecule has 1 N–H and O–H groups in total. The van der Waals surface area contributed by atoms with Crippen molar-refractivity contribution in [3.8, 4) is 22.8 Å². The van der Waals surface area contributed by atoms with Gasteiger partial charge in [0.15, 0.2) is 11.0 Å². The van der Waals surface area contributed by atoms with Crippen molar-refractivity contribution < 1.29 is 9.53 Å². The summed E-state index contributed by atoms with van der Waals surface area (Å²) in [5.74, 6) is 1.18. The Morgan fingerprint density at radius 1 is 1.05 bits per heavy atom. The van der Waals surface area contributed by atoms with Crippen molar-refractivity contribution in [1.29, 1.82) is 0 Å². The molecule has 5 aromatic rings. The van der Waals surface area contributed by atoms with Gasteiger partial charge in [0.05, 0.1) is 19.1 Å². The first-order valence-corrected chi connectivity index (χ1v) is 13.0. The molecule has 5 rings (SSSR count). The molecule has 0 atom stereocenters. The second-order valence-electron chi connectivity index (χ2n) is 7.84. The number of aromatic nitrogens is 4. The van der Waals surface area contributed by atoms with Crippen LogP contribution in [-0.4, -0.2) is 44.7 Å². The van der Waals surface area contributed by atoms with Crippen molar-refractivity contribution in [3.63, 3.8) is 0 Å². The lowest BCUT2D eigenvalue weighted by atomic mass is 10.0. The number of hydrazone groups is 1. The zero-order valence-electron chi connectivity index (χ0n) is 19.7. The lowest BCUT2D eigenvalue weighted by molar-refractivity contribution is -0.118. The summed E-state index contributed by atoms with van der Waals surface area (Å²) in [7, 11) is 1.61. The summed E-state index contributed by atoms with van der Waals surface area (Å²) in [5.41, 5.74) is 5.15. The predicted molar refractivity (Wildman–Crippen MR) is 149 cm³/mol. The van der Waals surface area contributed by atoms with E-state index in [-0.39, 0.29) is 11.7 Å². The Morgan fingerprint density at radius 2 is 1.84 bits per heavy atom. The molecule has 3 aromatic carbocycles. The number of hydrogen-bond acceptors (Lipinski definition) is 7. The fourth-order valence-corrected chi connectivity index (χ4v) is 4.80. The number of fused-ring (bicyclic) bond motifs is 1. The molecule has 2 aromatic heterocycles. The third-order valence-corrected chi connectivity index (χ3v) is 6.98. The van der Waals surface area contributed by atoms with Crippen LogP contribution in [0, 0.1) is 0 Å². The Balaban J connectivity index is 1.33. The van der Waals surface area contributed by atoms with Crippen molar-refractivity contribution in [2.45, 2.75) is 5.16 Å². The highest BCUT2D eigenvalue weighted by Crippen LogP contribution is 2.29. The molecular weight excluding hydrogens is 552 g/mol. The van der Waals surface area contributed by atoms with Crippen LogP contribution in [0.25, 0.3) is 27.8 Å². The molecule has 0 aliphatic heterocycles. The molecule has 37 heavy (non-hydrogen) atoms. The largest absolute Gasteiger partial charge is 0.496 e. The molecule has 0 spiro atoms. The minimum Gasteiger partial charge on any atom is -0.496 e. The summed E-state index contributed by atoms with van der Waals surface area (Å²) in [5, 5.41) is 15.6. The number of nitrogens with one attached hydrogen (secondary N) is 1. The van der Waals surface area contributed by atoms with Crippen molar-refractivity contribution in [1.82, 2.24) is 25.2 Å². The maximum absolute atomic E-state index is 12.6. The topological polar surface area (TPSA) is 94.3 Å². The average Bonchev–Trinajstić information content (AvgIpc) is 3.37. The highest BCUT2D eigenvalue weighted by atomic mass is 79.9. The molecule has 0 saturated carbocycles. The maximum atomic E-state index is 12.6. The number of carbonyl (C=O) groups excluding carboxylic acids is 1. The number of pyridine rings is 1. The van der Waals surface area contributed by atoms with Gasteiger partial charge in [-0.1, -0.05) is 58.0 Å². The van der Waals surface area contributed by atoms with Crippen molar-refractivity contribution in [2.24, 2.45) is 5.10 Å². The minimum atomic E-state index is -0.267. The van der Waals surface area contributed by atoms with Crippen molar-refractivity contribution in [2.75, 3.05) is 12.9 Å². The zero-order chi connectivity index (χ0) is 25.6. The third-order valence-electron chi connectivity index (χ3n) is 5.52. The summed E-state index contributed by atoms with van der Waals surface area (Å²) >= 11 is 4.75. The van der Waals surface area contributed by atoms with E-state index in [0.717, 1.165) is 32.1 Å². The molecule has 184 valence electrons. The van der Waals surface area contributed by atoms with Gasteiger partial charge in [-0.15, -0.1) is 10.2 Å². The van der Waals surface area contributed by atoms with Gasteiger partial charge in [0.2, 0.25) is 0 Å². The zero-order valence-corrected chi connectivity index (χ0v) is 22.1. The van der Waals surface area contributed by atoms with E-state index in [1.54, 1.807) is 25.7 Å². The number of hydrogen-bond donors (Lipinski definition) is 1. The van der Waals surface area contributed by atoms with E-state index in [1.807, 2.05) is 77.4 Å². The summed E-state index contributed by atoms with van der Waals surface area (Å²) in [4.78, 5) is 16.7. The number of amides is 1. The van der Waals surface area contributed by atoms with Gasteiger partial charge in [-0.3, -0.25) is 14.3 Å². The monoisotopic (exact) mass is 572 g/mol. The first kappa shape index (κ1) is 24.7.